The summed E-state index contributed by atoms with van der Waals surface area (Å²) < 4.78 is 27.2. The van der Waals surface area contributed by atoms with Crippen molar-refractivity contribution in [3.8, 4) is 0 Å². The third kappa shape index (κ3) is 3.57. The number of hydrogen-bond donors (Lipinski definition) is 0. The normalized spacial score (nSPS) is 12.7. The van der Waals surface area contributed by atoms with Crippen molar-refractivity contribution >= 4 is 32.6 Å². The number of benzene rings is 2. The molecule has 0 radical (unpaired) electrons. The predicted octanol–water partition coefficient (Wildman–Crippen LogP) is 3.65. The van der Waals surface area contributed by atoms with Crippen LogP contribution in [0.1, 0.15) is 18.1 Å². The zero-order chi connectivity index (χ0) is 17.2. The number of rotatable bonds is 5. The van der Waals surface area contributed by atoms with Crippen LogP contribution < -0.4 is 4.31 Å². The molecule has 23 heavy (non-hydrogen) atoms. The van der Waals surface area contributed by atoms with Crippen LogP contribution in [-0.2, 0) is 14.8 Å². The Balaban J connectivity index is 2.66. The van der Waals surface area contributed by atoms with Crippen molar-refractivity contribution in [3.63, 3.8) is 0 Å². The number of carbonyl (C=O) groups excluding carboxylic acids is 1. The smallest absolute Gasteiger partial charge is 0.265 e. The summed E-state index contributed by atoms with van der Waals surface area (Å²) in [6, 6.07) is 12.4. The lowest BCUT2D eigenvalue weighted by Gasteiger charge is -2.29. The van der Waals surface area contributed by atoms with Crippen LogP contribution >= 0.6 is 11.6 Å². The Bertz CT molecular complexity index is 819. The second-order valence-electron chi connectivity index (χ2n) is 5.38. The quantitative estimate of drug-likeness (QED) is 0.772. The third-order valence-electron chi connectivity index (χ3n) is 3.57. The minimum absolute atomic E-state index is 0.116. The molecule has 0 fully saturated rings. The number of sulfonamides is 1. The molecule has 0 bridgehead atoms. The average molecular weight is 352 g/mol. The van der Waals surface area contributed by atoms with Crippen LogP contribution in [0.2, 0.25) is 0 Å². The minimum atomic E-state index is -3.91. The van der Waals surface area contributed by atoms with E-state index in [2.05, 4.69) is 0 Å². The maximum Gasteiger partial charge on any atom is 0.265 e. The fourth-order valence-corrected chi connectivity index (χ4v) is 4.26. The molecule has 0 amide bonds. The van der Waals surface area contributed by atoms with E-state index in [1.807, 2.05) is 13.0 Å². The molecule has 0 N–H and O–H groups in total. The lowest BCUT2D eigenvalue weighted by molar-refractivity contribution is -0.112. The van der Waals surface area contributed by atoms with E-state index in [-0.39, 0.29) is 4.90 Å². The van der Waals surface area contributed by atoms with Gasteiger partial charge in [-0.3, -0.25) is 9.10 Å². The fraction of sp³-hybridized carbons (Fsp3) is 0.235. The zero-order valence-corrected chi connectivity index (χ0v) is 14.7. The Morgan fingerprint density at radius 2 is 1.70 bits per heavy atom. The summed E-state index contributed by atoms with van der Waals surface area (Å²) in [6.45, 7) is 5.21. The maximum absolute atomic E-state index is 13.0. The molecule has 122 valence electrons. The molecule has 2 aromatic rings. The van der Waals surface area contributed by atoms with Gasteiger partial charge in [-0.05, 0) is 56.1 Å². The summed E-state index contributed by atoms with van der Waals surface area (Å²) in [7, 11) is -3.91. The molecule has 2 rings (SSSR count). The summed E-state index contributed by atoms with van der Waals surface area (Å²) in [5.41, 5.74) is 2.21. The lowest BCUT2D eigenvalue weighted by atomic mass is 10.1. The number of nitrogens with zero attached hydrogens (tertiary/aromatic N) is 1. The van der Waals surface area contributed by atoms with Gasteiger partial charge in [-0.15, -0.1) is 0 Å². The summed E-state index contributed by atoms with van der Waals surface area (Å²) >= 11 is 5.60. The first-order valence-electron chi connectivity index (χ1n) is 7.11. The molecule has 0 spiro atoms. The molecular weight excluding hydrogens is 334 g/mol. The molecule has 0 heterocycles. The van der Waals surface area contributed by atoms with Crippen LogP contribution in [0.15, 0.2) is 53.4 Å². The standard InChI is InChI=1S/C17H18ClNO3S/c1-12-9-10-16(13(2)11-12)19(14(3)17(18)20)23(21,22)15-7-5-4-6-8-15/h4-11,14H,1-3H3. The van der Waals surface area contributed by atoms with Crippen molar-refractivity contribution in [2.24, 2.45) is 0 Å². The maximum atomic E-state index is 13.0. The van der Waals surface area contributed by atoms with Crippen molar-refractivity contribution < 1.29 is 13.2 Å². The largest absolute Gasteiger partial charge is 0.279 e. The van der Waals surface area contributed by atoms with Gasteiger partial charge >= 0.3 is 0 Å². The highest BCUT2D eigenvalue weighted by atomic mass is 35.5. The molecule has 4 nitrogen and oxygen atoms in total. The summed E-state index contributed by atoms with van der Waals surface area (Å²) in [6.07, 6.45) is 0. The van der Waals surface area contributed by atoms with Crippen LogP contribution in [-0.4, -0.2) is 19.7 Å². The molecule has 0 aliphatic carbocycles. The highest BCUT2D eigenvalue weighted by Crippen LogP contribution is 2.30. The molecular formula is C17H18ClNO3S. The topological polar surface area (TPSA) is 54.5 Å². The van der Waals surface area contributed by atoms with Gasteiger partial charge in [0, 0.05) is 0 Å². The molecule has 0 saturated carbocycles. The summed E-state index contributed by atoms with van der Waals surface area (Å²) in [5.74, 6) is 0. The van der Waals surface area contributed by atoms with E-state index in [9.17, 15) is 13.2 Å². The average Bonchev–Trinajstić information content (AvgIpc) is 2.50. The lowest BCUT2D eigenvalue weighted by Crippen LogP contribution is -2.42. The van der Waals surface area contributed by atoms with Crippen LogP contribution in [0.3, 0.4) is 0 Å². The van der Waals surface area contributed by atoms with E-state index in [1.54, 1.807) is 37.3 Å². The van der Waals surface area contributed by atoms with Crippen LogP contribution in [0.25, 0.3) is 0 Å². The highest BCUT2D eigenvalue weighted by Gasteiger charge is 2.33. The molecule has 1 unspecified atom stereocenters. The van der Waals surface area contributed by atoms with Crippen LogP contribution in [0.5, 0.6) is 0 Å². The van der Waals surface area contributed by atoms with E-state index >= 15 is 0 Å². The number of anilines is 1. The van der Waals surface area contributed by atoms with Crippen molar-refractivity contribution in [1.82, 2.24) is 0 Å². The van der Waals surface area contributed by atoms with Crippen molar-refractivity contribution in [2.75, 3.05) is 4.31 Å². The Morgan fingerprint density at radius 1 is 1.09 bits per heavy atom. The minimum Gasteiger partial charge on any atom is -0.279 e. The molecule has 0 aliphatic rings. The van der Waals surface area contributed by atoms with Gasteiger partial charge in [-0.2, -0.15) is 0 Å². The van der Waals surface area contributed by atoms with E-state index in [4.69, 9.17) is 11.6 Å². The van der Waals surface area contributed by atoms with Gasteiger partial charge in [0.2, 0.25) is 5.24 Å². The van der Waals surface area contributed by atoms with Gasteiger partial charge in [0.25, 0.3) is 10.0 Å². The zero-order valence-electron chi connectivity index (χ0n) is 13.2. The van der Waals surface area contributed by atoms with Crippen LogP contribution in [0.4, 0.5) is 5.69 Å². The van der Waals surface area contributed by atoms with E-state index < -0.39 is 21.3 Å². The van der Waals surface area contributed by atoms with Gasteiger partial charge in [-0.25, -0.2) is 8.42 Å². The van der Waals surface area contributed by atoms with Crippen molar-refractivity contribution in [3.05, 3.63) is 59.7 Å². The fourth-order valence-electron chi connectivity index (χ4n) is 2.40. The first-order valence-corrected chi connectivity index (χ1v) is 8.93. The molecule has 6 heteroatoms. The number of hydrogen-bond acceptors (Lipinski definition) is 3. The second-order valence-corrected chi connectivity index (χ2v) is 7.57. The SMILES string of the molecule is Cc1ccc(N(C(C)C(=O)Cl)S(=O)(=O)c2ccccc2)c(C)c1. The Labute approximate surface area is 141 Å². The Hall–Kier alpha value is -1.85. The molecule has 0 aromatic heterocycles. The van der Waals surface area contributed by atoms with Gasteiger partial charge < -0.3 is 0 Å². The van der Waals surface area contributed by atoms with Gasteiger partial charge in [0.15, 0.2) is 0 Å². The van der Waals surface area contributed by atoms with Gasteiger partial charge in [0.05, 0.1) is 10.6 Å². The van der Waals surface area contributed by atoms with Crippen molar-refractivity contribution in [2.45, 2.75) is 31.7 Å². The monoisotopic (exact) mass is 351 g/mol. The summed E-state index contributed by atoms with van der Waals surface area (Å²) in [5, 5.41) is -0.732. The molecule has 0 aliphatic heterocycles. The first-order chi connectivity index (χ1) is 10.7. The Kier molecular flexibility index (Phi) is 5.12. The predicted molar refractivity (Wildman–Crippen MR) is 92.3 cm³/mol. The molecule has 2 aromatic carbocycles. The number of halogens is 1. The second kappa shape index (κ2) is 6.72. The summed E-state index contributed by atoms with van der Waals surface area (Å²) in [4.78, 5) is 11.8. The van der Waals surface area contributed by atoms with E-state index in [1.165, 1.54) is 19.1 Å². The number of carbonyl (C=O) groups is 1. The molecule has 1 atom stereocenters. The van der Waals surface area contributed by atoms with Crippen LogP contribution in [0, 0.1) is 13.8 Å². The van der Waals surface area contributed by atoms with E-state index in [0.717, 1.165) is 15.4 Å². The van der Waals surface area contributed by atoms with Crippen molar-refractivity contribution in [1.29, 1.82) is 0 Å². The third-order valence-corrected chi connectivity index (χ3v) is 5.78. The van der Waals surface area contributed by atoms with E-state index in [0.29, 0.717) is 5.69 Å². The first kappa shape index (κ1) is 17.5. The molecule has 0 saturated heterocycles. The Morgan fingerprint density at radius 3 is 2.22 bits per heavy atom. The van der Waals surface area contributed by atoms with Gasteiger partial charge in [0.1, 0.15) is 6.04 Å². The van der Waals surface area contributed by atoms with Gasteiger partial charge in [-0.1, -0.05) is 35.9 Å². The highest BCUT2D eigenvalue weighted by molar-refractivity contribution is 7.93. The number of aryl methyl sites for hydroxylation is 2.